The molecule has 0 aliphatic heterocycles. The Bertz CT molecular complexity index is 422. The summed E-state index contributed by atoms with van der Waals surface area (Å²) in [7, 11) is 0. The molecule has 0 unspecified atom stereocenters. The van der Waals surface area contributed by atoms with Gasteiger partial charge in [-0.05, 0) is 36.1 Å². The minimum Gasteiger partial charge on any atom is -0.469 e. The highest BCUT2D eigenvalue weighted by molar-refractivity contribution is 7.98. The third-order valence-electron chi connectivity index (χ3n) is 2.62. The molecular formula is C14H17NOS. The number of thioether (sulfide) groups is 1. The van der Waals surface area contributed by atoms with Gasteiger partial charge in [-0.3, -0.25) is 0 Å². The molecule has 2 aromatic rings. The van der Waals surface area contributed by atoms with Gasteiger partial charge in [0.25, 0.3) is 0 Å². The fourth-order valence-electron chi connectivity index (χ4n) is 1.64. The van der Waals surface area contributed by atoms with E-state index in [9.17, 15) is 0 Å². The van der Waals surface area contributed by atoms with Crippen LogP contribution in [0.4, 0.5) is 0 Å². The third kappa shape index (κ3) is 3.95. The Balaban J connectivity index is 1.70. The fourth-order valence-corrected chi connectivity index (χ4v) is 2.05. The van der Waals surface area contributed by atoms with E-state index in [-0.39, 0.29) is 0 Å². The van der Waals surface area contributed by atoms with Gasteiger partial charge in [-0.25, -0.2) is 0 Å². The van der Waals surface area contributed by atoms with Crippen LogP contribution in [0.5, 0.6) is 0 Å². The third-order valence-corrected chi connectivity index (χ3v) is 3.36. The van der Waals surface area contributed by atoms with E-state index >= 15 is 0 Å². The zero-order chi connectivity index (χ0) is 11.9. The summed E-state index contributed by atoms with van der Waals surface area (Å²) in [5, 5.41) is 3.41. The smallest absolute Gasteiger partial charge is 0.105 e. The molecule has 0 saturated heterocycles. The summed E-state index contributed by atoms with van der Waals surface area (Å²) in [4.78, 5) is 1.31. The zero-order valence-corrected chi connectivity index (χ0v) is 10.8. The van der Waals surface area contributed by atoms with Crippen LogP contribution in [0, 0.1) is 0 Å². The highest BCUT2D eigenvalue weighted by Gasteiger charge is 1.96. The van der Waals surface area contributed by atoms with Crippen molar-refractivity contribution in [3.63, 3.8) is 0 Å². The second-order valence-electron chi connectivity index (χ2n) is 3.85. The largest absolute Gasteiger partial charge is 0.469 e. The number of benzene rings is 1. The monoisotopic (exact) mass is 247 g/mol. The van der Waals surface area contributed by atoms with Crippen molar-refractivity contribution in [1.82, 2.24) is 5.32 Å². The van der Waals surface area contributed by atoms with Crippen molar-refractivity contribution < 1.29 is 4.42 Å². The first-order valence-corrected chi connectivity index (χ1v) is 6.97. The Kier molecular flexibility index (Phi) is 4.71. The van der Waals surface area contributed by atoms with Gasteiger partial charge in [0.15, 0.2) is 0 Å². The van der Waals surface area contributed by atoms with Crippen molar-refractivity contribution in [2.24, 2.45) is 0 Å². The quantitative estimate of drug-likeness (QED) is 0.626. The molecule has 2 nitrogen and oxygen atoms in total. The Labute approximate surface area is 106 Å². The van der Waals surface area contributed by atoms with Gasteiger partial charge in [0.05, 0.1) is 6.26 Å². The summed E-state index contributed by atoms with van der Waals surface area (Å²) >= 11 is 1.77. The maximum absolute atomic E-state index is 5.27. The SMILES string of the molecule is CSc1ccc(CNCCc2ccco2)cc1. The first-order chi connectivity index (χ1) is 8.38. The van der Waals surface area contributed by atoms with E-state index in [4.69, 9.17) is 4.42 Å². The molecule has 0 amide bonds. The van der Waals surface area contributed by atoms with Gasteiger partial charge in [0.1, 0.15) is 5.76 Å². The Morgan fingerprint density at radius 1 is 1.18 bits per heavy atom. The van der Waals surface area contributed by atoms with Gasteiger partial charge < -0.3 is 9.73 Å². The van der Waals surface area contributed by atoms with E-state index in [0.29, 0.717) is 0 Å². The minimum absolute atomic E-state index is 0.912. The van der Waals surface area contributed by atoms with Crippen LogP contribution in [-0.2, 0) is 13.0 Å². The number of hydrogen-bond acceptors (Lipinski definition) is 3. The molecule has 3 heteroatoms. The van der Waals surface area contributed by atoms with Crippen molar-refractivity contribution >= 4 is 11.8 Å². The lowest BCUT2D eigenvalue weighted by Gasteiger charge is -2.04. The molecule has 0 aliphatic rings. The summed E-state index contributed by atoms with van der Waals surface area (Å²) < 4.78 is 5.27. The van der Waals surface area contributed by atoms with Crippen molar-refractivity contribution in [2.45, 2.75) is 17.9 Å². The molecule has 1 aromatic heterocycles. The molecule has 2 rings (SSSR count). The van der Waals surface area contributed by atoms with E-state index in [1.807, 2.05) is 12.1 Å². The molecule has 1 N–H and O–H groups in total. The van der Waals surface area contributed by atoms with E-state index in [1.54, 1.807) is 18.0 Å². The first-order valence-electron chi connectivity index (χ1n) is 5.74. The topological polar surface area (TPSA) is 25.2 Å². The normalized spacial score (nSPS) is 10.6. The Morgan fingerprint density at radius 2 is 2.00 bits per heavy atom. The molecule has 1 heterocycles. The molecule has 90 valence electrons. The van der Waals surface area contributed by atoms with E-state index < -0.39 is 0 Å². The molecule has 17 heavy (non-hydrogen) atoms. The van der Waals surface area contributed by atoms with Crippen LogP contribution in [0.1, 0.15) is 11.3 Å². The van der Waals surface area contributed by atoms with E-state index in [2.05, 4.69) is 35.8 Å². The fraction of sp³-hybridized carbons (Fsp3) is 0.286. The summed E-state index contributed by atoms with van der Waals surface area (Å²) in [5.74, 6) is 1.04. The highest BCUT2D eigenvalue weighted by atomic mass is 32.2. The summed E-state index contributed by atoms with van der Waals surface area (Å²) in [5.41, 5.74) is 1.32. The summed E-state index contributed by atoms with van der Waals surface area (Å²) in [6, 6.07) is 12.6. The number of rotatable bonds is 6. The average molecular weight is 247 g/mol. The van der Waals surface area contributed by atoms with Gasteiger partial charge >= 0.3 is 0 Å². The Hall–Kier alpha value is -1.19. The minimum atomic E-state index is 0.912. The maximum atomic E-state index is 5.27. The lowest BCUT2D eigenvalue weighted by Crippen LogP contribution is -2.16. The van der Waals surface area contributed by atoms with Crippen molar-refractivity contribution in [3.05, 3.63) is 54.0 Å². The molecule has 0 fully saturated rings. The van der Waals surface area contributed by atoms with E-state index in [0.717, 1.165) is 25.3 Å². The van der Waals surface area contributed by atoms with Crippen molar-refractivity contribution in [3.8, 4) is 0 Å². The molecule has 0 radical (unpaired) electrons. The van der Waals surface area contributed by atoms with Crippen LogP contribution >= 0.6 is 11.8 Å². The predicted molar refractivity (Wildman–Crippen MR) is 72.3 cm³/mol. The van der Waals surface area contributed by atoms with Crippen LogP contribution in [0.15, 0.2) is 52.0 Å². The van der Waals surface area contributed by atoms with Crippen LogP contribution in [-0.4, -0.2) is 12.8 Å². The molecule has 0 spiro atoms. The molecule has 0 bridgehead atoms. The molecular weight excluding hydrogens is 230 g/mol. The van der Waals surface area contributed by atoms with Crippen LogP contribution in [0.2, 0.25) is 0 Å². The van der Waals surface area contributed by atoms with Crippen LogP contribution < -0.4 is 5.32 Å². The average Bonchev–Trinajstić information content (AvgIpc) is 2.88. The molecule has 0 aliphatic carbocycles. The first kappa shape index (κ1) is 12.3. The van der Waals surface area contributed by atoms with Gasteiger partial charge in [0.2, 0.25) is 0 Å². The van der Waals surface area contributed by atoms with Gasteiger partial charge in [-0.2, -0.15) is 0 Å². The van der Waals surface area contributed by atoms with Crippen molar-refractivity contribution in [1.29, 1.82) is 0 Å². The standard InChI is InChI=1S/C14H17NOS/c1-17-14-6-4-12(5-7-14)11-15-9-8-13-3-2-10-16-13/h2-7,10,15H,8-9,11H2,1H3. The molecule has 0 atom stereocenters. The number of nitrogens with one attached hydrogen (secondary N) is 1. The summed E-state index contributed by atoms with van der Waals surface area (Å²) in [6.07, 6.45) is 4.75. The number of furan rings is 1. The lowest BCUT2D eigenvalue weighted by molar-refractivity contribution is 0.499. The predicted octanol–water partition coefficient (Wildman–Crippen LogP) is 3.33. The van der Waals surface area contributed by atoms with Crippen LogP contribution in [0.25, 0.3) is 0 Å². The maximum Gasteiger partial charge on any atom is 0.105 e. The Morgan fingerprint density at radius 3 is 2.65 bits per heavy atom. The van der Waals surface area contributed by atoms with Gasteiger partial charge in [-0.1, -0.05) is 12.1 Å². The van der Waals surface area contributed by atoms with Gasteiger partial charge in [0, 0.05) is 24.4 Å². The second kappa shape index (κ2) is 6.52. The molecule has 0 saturated carbocycles. The zero-order valence-electron chi connectivity index (χ0n) is 9.98. The second-order valence-corrected chi connectivity index (χ2v) is 4.73. The number of hydrogen-bond donors (Lipinski definition) is 1. The van der Waals surface area contributed by atoms with E-state index in [1.165, 1.54) is 10.5 Å². The van der Waals surface area contributed by atoms with Gasteiger partial charge in [-0.15, -0.1) is 11.8 Å². The molecule has 1 aromatic carbocycles. The highest BCUT2D eigenvalue weighted by Crippen LogP contribution is 2.14. The summed E-state index contributed by atoms with van der Waals surface area (Å²) in [6.45, 7) is 1.85. The lowest BCUT2D eigenvalue weighted by atomic mass is 10.2. The van der Waals surface area contributed by atoms with Crippen LogP contribution in [0.3, 0.4) is 0 Å². The van der Waals surface area contributed by atoms with Crippen molar-refractivity contribution in [2.75, 3.05) is 12.8 Å².